The Bertz CT molecular complexity index is 326. The summed E-state index contributed by atoms with van der Waals surface area (Å²) in [5.74, 6) is 0.222. The van der Waals surface area contributed by atoms with Crippen LogP contribution >= 0.6 is 0 Å². The molecule has 1 amide bonds. The molecule has 4 heteroatoms. The van der Waals surface area contributed by atoms with Crippen LogP contribution in [0.2, 0.25) is 0 Å². The van der Waals surface area contributed by atoms with Crippen LogP contribution in [0.5, 0.6) is 0 Å². The van der Waals surface area contributed by atoms with Crippen LogP contribution < -0.4 is 5.32 Å². The van der Waals surface area contributed by atoms with Gasteiger partial charge in [0.2, 0.25) is 5.91 Å². The fourth-order valence-electron chi connectivity index (χ4n) is 3.48. The quantitative estimate of drug-likeness (QED) is 0.852. The highest BCUT2D eigenvalue weighted by Gasteiger charge is 2.30. The van der Waals surface area contributed by atoms with Gasteiger partial charge < -0.3 is 10.2 Å². The minimum Gasteiger partial charge on any atom is -0.352 e. The molecular formula is C16H31N3O. The number of nitrogens with zero attached hydrogens (tertiary/aromatic N) is 2. The third-order valence-corrected chi connectivity index (χ3v) is 5.16. The Morgan fingerprint density at radius 2 is 2.00 bits per heavy atom. The first-order chi connectivity index (χ1) is 9.50. The molecule has 116 valence electrons. The van der Waals surface area contributed by atoms with Crippen molar-refractivity contribution in [2.75, 3.05) is 39.8 Å². The molecule has 1 unspecified atom stereocenters. The Labute approximate surface area is 123 Å². The van der Waals surface area contributed by atoms with Crippen LogP contribution in [0.4, 0.5) is 0 Å². The lowest BCUT2D eigenvalue weighted by Gasteiger charge is -2.40. The molecule has 0 aliphatic carbocycles. The maximum Gasteiger partial charge on any atom is 0.234 e. The Hall–Kier alpha value is -0.610. The molecule has 2 rings (SSSR count). The molecule has 0 bridgehead atoms. The highest BCUT2D eigenvalue weighted by atomic mass is 16.2. The van der Waals surface area contributed by atoms with Gasteiger partial charge in [0.25, 0.3) is 0 Å². The largest absolute Gasteiger partial charge is 0.352 e. The van der Waals surface area contributed by atoms with Crippen molar-refractivity contribution < 1.29 is 4.79 Å². The molecule has 1 atom stereocenters. The van der Waals surface area contributed by atoms with E-state index in [2.05, 4.69) is 36.0 Å². The lowest BCUT2D eigenvalue weighted by Crippen LogP contribution is -2.49. The normalized spacial score (nSPS) is 30.4. The summed E-state index contributed by atoms with van der Waals surface area (Å²) in [6.45, 7) is 9.56. The van der Waals surface area contributed by atoms with Gasteiger partial charge in [-0.2, -0.15) is 0 Å². The van der Waals surface area contributed by atoms with E-state index in [1.54, 1.807) is 0 Å². The molecule has 1 N–H and O–H groups in total. The molecular weight excluding hydrogens is 250 g/mol. The van der Waals surface area contributed by atoms with Gasteiger partial charge in [-0.25, -0.2) is 0 Å². The van der Waals surface area contributed by atoms with Gasteiger partial charge >= 0.3 is 0 Å². The second-order valence-corrected chi connectivity index (χ2v) is 7.12. The number of amides is 1. The van der Waals surface area contributed by atoms with Crippen molar-refractivity contribution in [3.05, 3.63) is 0 Å². The van der Waals surface area contributed by atoms with Gasteiger partial charge in [0.15, 0.2) is 0 Å². The van der Waals surface area contributed by atoms with Crippen molar-refractivity contribution in [3.63, 3.8) is 0 Å². The molecule has 2 heterocycles. The number of hydrogen-bond donors (Lipinski definition) is 1. The number of rotatable bonds is 4. The van der Waals surface area contributed by atoms with Gasteiger partial charge in [-0.1, -0.05) is 13.8 Å². The van der Waals surface area contributed by atoms with Gasteiger partial charge in [0.1, 0.15) is 0 Å². The SMILES string of the molecule is CCC1(C)CCCN(CC(=O)NC2CCN(C)CC2)C1. The molecule has 0 aromatic heterocycles. The Kier molecular flexibility index (Phi) is 5.44. The summed E-state index contributed by atoms with van der Waals surface area (Å²) in [4.78, 5) is 16.9. The van der Waals surface area contributed by atoms with Crippen molar-refractivity contribution in [2.45, 2.75) is 52.0 Å². The Morgan fingerprint density at radius 3 is 2.65 bits per heavy atom. The zero-order chi connectivity index (χ0) is 14.6. The van der Waals surface area contributed by atoms with E-state index < -0.39 is 0 Å². The molecule has 0 aromatic carbocycles. The summed E-state index contributed by atoms with van der Waals surface area (Å²) in [6.07, 6.45) is 5.92. The van der Waals surface area contributed by atoms with E-state index in [-0.39, 0.29) is 5.91 Å². The van der Waals surface area contributed by atoms with E-state index in [4.69, 9.17) is 0 Å². The number of carbonyl (C=O) groups is 1. The van der Waals surface area contributed by atoms with Crippen molar-refractivity contribution in [1.82, 2.24) is 15.1 Å². The van der Waals surface area contributed by atoms with Crippen molar-refractivity contribution >= 4 is 5.91 Å². The highest BCUT2D eigenvalue weighted by molar-refractivity contribution is 5.78. The predicted molar refractivity (Wildman–Crippen MR) is 82.7 cm³/mol. The minimum absolute atomic E-state index is 0.222. The number of likely N-dealkylation sites (tertiary alicyclic amines) is 2. The molecule has 4 nitrogen and oxygen atoms in total. The predicted octanol–water partition coefficient (Wildman–Crippen LogP) is 1.71. The molecule has 2 saturated heterocycles. The maximum atomic E-state index is 12.2. The summed E-state index contributed by atoms with van der Waals surface area (Å²) in [6, 6.07) is 0.390. The van der Waals surface area contributed by atoms with Crippen molar-refractivity contribution in [3.8, 4) is 0 Å². The van der Waals surface area contributed by atoms with E-state index in [0.29, 0.717) is 18.0 Å². The lowest BCUT2D eigenvalue weighted by molar-refractivity contribution is -0.124. The summed E-state index contributed by atoms with van der Waals surface area (Å²) in [5.41, 5.74) is 0.409. The lowest BCUT2D eigenvalue weighted by atomic mass is 9.80. The van der Waals surface area contributed by atoms with Crippen LogP contribution in [0.1, 0.15) is 46.0 Å². The standard InChI is InChI=1S/C16H31N3O/c1-4-16(2)8-5-9-19(13-16)12-15(20)17-14-6-10-18(3)11-7-14/h14H,4-13H2,1-3H3,(H,17,20). The summed E-state index contributed by atoms with van der Waals surface area (Å²) < 4.78 is 0. The topological polar surface area (TPSA) is 35.6 Å². The summed E-state index contributed by atoms with van der Waals surface area (Å²) in [7, 11) is 2.15. The average molecular weight is 281 g/mol. The highest BCUT2D eigenvalue weighted by Crippen LogP contribution is 2.32. The first kappa shape index (κ1) is 15.8. The van der Waals surface area contributed by atoms with E-state index in [1.165, 1.54) is 19.3 Å². The van der Waals surface area contributed by atoms with E-state index in [1.807, 2.05) is 0 Å². The zero-order valence-corrected chi connectivity index (χ0v) is 13.5. The van der Waals surface area contributed by atoms with Crippen LogP contribution in [0.3, 0.4) is 0 Å². The van der Waals surface area contributed by atoms with Gasteiger partial charge in [0.05, 0.1) is 6.54 Å². The fourth-order valence-corrected chi connectivity index (χ4v) is 3.48. The van der Waals surface area contributed by atoms with Gasteiger partial charge in [-0.3, -0.25) is 9.69 Å². The van der Waals surface area contributed by atoms with Crippen molar-refractivity contribution in [2.24, 2.45) is 5.41 Å². The van der Waals surface area contributed by atoms with Crippen LogP contribution in [-0.4, -0.2) is 61.5 Å². The number of piperidine rings is 2. The third kappa shape index (κ3) is 4.45. The monoisotopic (exact) mass is 281 g/mol. The second kappa shape index (κ2) is 6.90. The van der Waals surface area contributed by atoms with Gasteiger partial charge in [-0.15, -0.1) is 0 Å². The zero-order valence-electron chi connectivity index (χ0n) is 13.5. The number of nitrogens with one attached hydrogen (secondary N) is 1. The van der Waals surface area contributed by atoms with E-state index in [0.717, 1.165) is 39.0 Å². The van der Waals surface area contributed by atoms with Crippen molar-refractivity contribution in [1.29, 1.82) is 0 Å². The Morgan fingerprint density at radius 1 is 1.30 bits per heavy atom. The number of carbonyl (C=O) groups excluding carboxylic acids is 1. The molecule has 0 saturated carbocycles. The molecule has 0 radical (unpaired) electrons. The van der Waals surface area contributed by atoms with Gasteiger partial charge in [-0.05, 0) is 64.2 Å². The molecule has 0 aromatic rings. The first-order valence-electron chi connectivity index (χ1n) is 8.21. The molecule has 2 fully saturated rings. The maximum absolute atomic E-state index is 12.2. The van der Waals surface area contributed by atoms with Crippen LogP contribution in [-0.2, 0) is 4.79 Å². The van der Waals surface area contributed by atoms with E-state index >= 15 is 0 Å². The average Bonchev–Trinajstić information content (AvgIpc) is 2.41. The van der Waals surface area contributed by atoms with Crippen LogP contribution in [0.25, 0.3) is 0 Å². The molecule has 2 aliphatic rings. The Balaban J connectivity index is 1.74. The fraction of sp³-hybridized carbons (Fsp3) is 0.938. The molecule has 20 heavy (non-hydrogen) atoms. The summed E-state index contributed by atoms with van der Waals surface area (Å²) >= 11 is 0. The van der Waals surface area contributed by atoms with E-state index in [9.17, 15) is 4.79 Å². The van der Waals surface area contributed by atoms with Gasteiger partial charge in [0, 0.05) is 12.6 Å². The molecule has 2 aliphatic heterocycles. The second-order valence-electron chi connectivity index (χ2n) is 7.12. The first-order valence-corrected chi connectivity index (χ1v) is 8.21. The third-order valence-electron chi connectivity index (χ3n) is 5.16. The van der Waals surface area contributed by atoms with Crippen LogP contribution in [0, 0.1) is 5.41 Å². The minimum atomic E-state index is 0.222. The smallest absolute Gasteiger partial charge is 0.234 e. The summed E-state index contributed by atoms with van der Waals surface area (Å²) in [5, 5.41) is 3.22. The number of hydrogen-bond acceptors (Lipinski definition) is 3. The van der Waals surface area contributed by atoms with Crippen LogP contribution in [0.15, 0.2) is 0 Å². The molecule has 0 spiro atoms.